The maximum absolute atomic E-state index is 12.3. The lowest BCUT2D eigenvalue weighted by molar-refractivity contribution is -0.186. The van der Waals surface area contributed by atoms with Crippen LogP contribution in [0.2, 0.25) is 0 Å². The fraction of sp³-hybridized carbons (Fsp3) is 0.364. The van der Waals surface area contributed by atoms with Crippen LogP contribution >= 0.6 is 12.6 Å². The normalized spacial score (nSPS) is 15.6. The molecule has 17 heavy (non-hydrogen) atoms. The molecule has 1 heterocycles. The first-order valence-corrected chi connectivity index (χ1v) is 5.49. The molecule has 0 aromatic heterocycles. The molecule has 0 radical (unpaired) electrons. The van der Waals surface area contributed by atoms with E-state index in [1.165, 1.54) is 0 Å². The van der Waals surface area contributed by atoms with Crippen molar-refractivity contribution in [3.8, 4) is 0 Å². The first-order chi connectivity index (χ1) is 7.88. The Morgan fingerprint density at radius 1 is 1.29 bits per heavy atom. The van der Waals surface area contributed by atoms with Crippen LogP contribution in [0.15, 0.2) is 23.1 Å². The van der Waals surface area contributed by atoms with Crippen molar-refractivity contribution in [2.24, 2.45) is 0 Å². The molecule has 0 bridgehead atoms. The Morgan fingerprint density at radius 2 is 2.00 bits per heavy atom. The van der Waals surface area contributed by atoms with Gasteiger partial charge in [0, 0.05) is 18.0 Å². The summed E-state index contributed by atoms with van der Waals surface area (Å²) < 4.78 is 36.8. The SMILES string of the molecule is O=C(N1CCc2ccc(S)cc2C1)C(F)(F)F. The molecular formula is C11H10F3NOS. The molecule has 0 atom stereocenters. The maximum atomic E-state index is 12.3. The van der Waals surface area contributed by atoms with Crippen molar-refractivity contribution in [3.05, 3.63) is 29.3 Å². The van der Waals surface area contributed by atoms with E-state index in [1.807, 2.05) is 6.07 Å². The summed E-state index contributed by atoms with van der Waals surface area (Å²) in [6, 6.07) is 5.34. The number of thiol groups is 1. The molecule has 0 saturated heterocycles. The van der Waals surface area contributed by atoms with Gasteiger partial charge in [-0.05, 0) is 29.7 Å². The smallest absolute Gasteiger partial charge is 0.330 e. The number of hydrogen-bond acceptors (Lipinski definition) is 2. The van der Waals surface area contributed by atoms with Crippen molar-refractivity contribution in [2.75, 3.05) is 6.54 Å². The average Bonchev–Trinajstić information content (AvgIpc) is 2.25. The van der Waals surface area contributed by atoms with Crippen LogP contribution in [0.3, 0.4) is 0 Å². The Hall–Kier alpha value is -1.17. The second kappa shape index (κ2) is 4.25. The highest BCUT2D eigenvalue weighted by molar-refractivity contribution is 7.80. The van der Waals surface area contributed by atoms with Gasteiger partial charge in [-0.25, -0.2) is 0 Å². The van der Waals surface area contributed by atoms with E-state index in [4.69, 9.17) is 0 Å². The van der Waals surface area contributed by atoms with E-state index in [2.05, 4.69) is 12.6 Å². The Bertz CT molecular complexity index is 459. The molecule has 1 aliphatic heterocycles. The molecule has 0 aliphatic carbocycles. The van der Waals surface area contributed by atoms with Crippen molar-refractivity contribution in [1.82, 2.24) is 4.90 Å². The Balaban J connectivity index is 2.21. The topological polar surface area (TPSA) is 20.3 Å². The monoisotopic (exact) mass is 261 g/mol. The van der Waals surface area contributed by atoms with Crippen LogP contribution in [0.5, 0.6) is 0 Å². The summed E-state index contributed by atoms with van der Waals surface area (Å²) in [5.74, 6) is -1.77. The lowest BCUT2D eigenvalue weighted by Crippen LogP contribution is -2.43. The van der Waals surface area contributed by atoms with E-state index in [0.717, 1.165) is 16.0 Å². The van der Waals surface area contributed by atoms with Crippen molar-refractivity contribution < 1.29 is 18.0 Å². The molecule has 0 N–H and O–H groups in total. The quantitative estimate of drug-likeness (QED) is 0.711. The standard InChI is InChI=1S/C11H10F3NOS/c12-11(13,14)10(16)15-4-3-7-1-2-9(17)5-8(7)6-15/h1-2,5,17H,3-4,6H2. The molecular weight excluding hydrogens is 251 g/mol. The third kappa shape index (κ3) is 2.57. The number of nitrogens with zero attached hydrogens (tertiary/aromatic N) is 1. The molecule has 1 amide bonds. The summed E-state index contributed by atoms with van der Waals surface area (Å²) in [5, 5.41) is 0. The fourth-order valence-corrected chi connectivity index (χ4v) is 2.13. The number of fused-ring (bicyclic) bond motifs is 1. The van der Waals surface area contributed by atoms with Crippen LogP contribution in [0.25, 0.3) is 0 Å². The van der Waals surface area contributed by atoms with Crippen molar-refractivity contribution >= 4 is 18.5 Å². The lowest BCUT2D eigenvalue weighted by atomic mass is 10.00. The number of hydrogen-bond donors (Lipinski definition) is 1. The number of amides is 1. The lowest BCUT2D eigenvalue weighted by Gasteiger charge is -2.29. The predicted octanol–water partition coefficient (Wildman–Crippen LogP) is 2.42. The van der Waals surface area contributed by atoms with Gasteiger partial charge in [-0.2, -0.15) is 13.2 Å². The number of halogens is 3. The minimum absolute atomic E-state index is 0.00206. The van der Waals surface area contributed by atoms with Crippen LogP contribution in [-0.2, 0) is 17.8 Å². The second-order valence-electron chi connectivity index (χ2n) is 3.93. The number of benzene rings is 1. The highest BCUT2D eigenvalue weighted by atomic mass is 32.1. The molecule has 92 valence electrons. The van der Waals surface area contributed by atoms with Crippen molar-refractivity contribution in [1.29, 1.82) is 0 Å². The van der Waals surface area contributed by atoms with Gasteiger partial charge in [-0.1, -0.05) is 6.07 Å². The minimum Gasteiger partial charge on any atom is -0.330 e. The Kier molecular flexibility index (Phi) is 3.07. The Morgan fingerprint density at radius 3 is 2.65 bits per heavy atom. The van der Waals surface area contributed by atoms with E-state index in [1.54, 1.807) is 12.1 Å². The third-order valence-corrected chi connectivity index (χ3v) is 3.01. The molecule has 2 rings (SSSR count). The van der Waals surface area contributed by atoms with Crippen LogP contribution in [-0.4, -0.2) is 23.5 Å². The molecule has 1 aliphatic rings. The molecule has 0 fully saturated rings. The van der Waals surface area contributed by atoms with Crippen LogP contribution in [0.4, 0.5) is 13.2 Å². The summed E-state index contributed by atoms with van der Waals surface area (Å²) in [6.45, 7) is 0.110. The van der Waals surface area contributed by atoms with Crippen LogP contribution in [0.1, 0.15) is 11.1 Å². The van der Waals surface area contributed by atoms with Gasteiger partial charge in [0.25, 0.3) is 0 Å². The maximum Gasteiger partial charge on any atom is 0.471 e. The summed E-state index contributed by atoms with van der Waals surface area (Å²) in [5.41, 5.74) is 1.72. The molecule has 0 saturated carbocycles. The molecule has 0 spiro atoms. The van der Waals surface area contributed by atoms with Crippen LogP contribution in [0, 0.1) is 0 Å². The van der Waals surface area contributed by atoms with E-state index in [-0.39, 0.29) is 13.1 Å². The summed E-state index contributed by atoms with van der Waals surface area (Å²) in [7, 11) is 0. The zero-order chi connectivity index (χ0) is 12.6. The highest BCUT2D eigenvalue weighted by Crippen LogP contribution is 2.26. The number of carbonyl (C=O) groups is 1. The number of carbonyl (C=O) groups excluding carboxylic acids is 1. The van der Waals surface area contributed by atoms with Gasteiger partial charge in [0.05, 0.1) is 0 Å². The molecule has 1 aromatic rings. The van der Waals surface area contributed by atoms with Gasteiger partial charge in [0.1, 0.15) is 0 Å². The van der Waals surface area contributed by atoms with Gasteiger partial charge in [-0.3, -0.25) is 4.79 Å². The largest absolute Gasteiger partial charge is 0.471 e. The first-order valence-electron chi connectivity index (χ1n) is 5.05. The summed E-state index contributed by atoms with van der Waals surface area (Å²) in [6.07, 6.45) is -4.35. The highest BCUT2D eigenvalue weighted by Gasteiger charge is 2.43. The zero-order valence-electron chi connectivity index (χ0n) is 8.79. The summed E-state index contributed by atoms with van der Waals surface area (Å²) in [4.78, 5) is 12.6. The fourth-order valence-electron chi connectivity index (χ4n) is 1.90. The van der Waals surface area contributed by atoms with E-state index in [0.29, 0.717) is 11.3 Å². The number of alkyl halides is 3. The van der Waals surface area contributed by atoms with E-state index in [9.17, 15) is 18.0 Å². The molecule has 6 heteroatoms. The van der Waals surface area contributed by atoms with E-state index >= 15 is 0 Å². The second-order valence-corrected chi connectivity index (χ2v) is 4.44. The minimum atomic E-state index is -4.80. The third-order valence-electron chi connectivity index (χ3n) is 2.73. The van der Waals surface area contributed by atoms with Gasteiger partial charge in [0.2, 0.25) is 0 Å². The zero-order valence-corrected chi connectivity index (χ0v) is 9.68. The average molecular weight is 261 g/mol. The van der Waals surface area contributed by atoms with Gasteiger partial charge in [0.15, 0.2) is 0 Å². The molecule has 1 aromatic carbocycles. The first kappa shape index (κ1) is 12.3. The van der Waals surface area contributed by atoms with Gasteiger partial charge >= 0.3 is 12.1 Å². The van der Waals surface area contributed by atoms with Crippen molar-refractivity contribution in [2.45, 2.75) is 24.0 Å². The van der Waals surface area contributed by atoms with Crippen LogP contribution < -0.4 is 0 Å². The summed E-state index contributed by atoms with van der Waals surface area (Å²) >= 11 is 4.13. The van der Waals surface area contributed by atoms with Gasteiger partial charge in [-0.15, -0.1) is 12.6 Å². The van der Waals surface area contributed by atoms with E-state index < -0.39 is 12.1 Å². The van der Waals surface area contributed by atoms with Crippen molar-refractivity contribution in [3.63, 3.8) is 0 Å². The molecule has 2 nitrogen and oxygen atoms in total. The Labute approximate surface area is 102 Å². The molecule has 0 unspecified atom stereocenters. The predicted molar refractivity (Wildman–Crippen MR) is 58.9 cm³/mol. The van der Waals surface area contributed by atoms with Gasteiger partial charge < -0.3 is 4.90 Å². The number of rotatable bonds is 0.